The van der Waals surface area contributed by atoms with E-state index in [1.807, 2.05) is 0 Å². The van der Waals surface area contributed by atoms with Crippen molar-refractivity contribution in [3.63, 3.8) is 0 Å². The van der Waals surface area contributed by atoms with Crippen molar-refractivity contribution in [2.75, 3.05) is 32.8 Å². The summed E-state index contributed by atoms with van der Waals surface area (Å²) in [7, 11) is -7.32. The zero-order valence-electron chi connectivity index (χ0n) is 17.5. The van der Waals surface area contributed by atoms with Gasteiger partial charge in [0.1, 0.15) is 0 Å². The first-order chi connectivity index (χ1) is 14.0. The molecule has 1 saturated heterocycles. The van der Waals surface area contributed by atoms with Gasteiger partial charge in [0.2, 0.25) is 10.0 Å². The van der Waals surface area contributed by atoms with Crippen LogP contribution < -0.4 is 9.44 Å². The van der Waals surface area contributed by atoms with E-state index in [2.05, 4.69) is 9.44 Å². The molecular formula is C18H30N4O6S2. The SMILES string of the molecule is CCOC(=O)N1CCN(S(=O)(=O)NCc2ccccc2CS(=O)(=O)NC(C)C)CC1. The summed E-state index contributed by atoms with van der Waals surface area (Å²) in [5.74, 6) is -0.235. The Morgan fingerprint density at radius 2 is 1.67 bits per heavy atom. The van der Waals surface area contributed by atoms with Crippen LogP contribution in [0.2, 0.25) is 0 Å². The summed E-state index contributed by atoms with van der Waals surface area (Å²) >= 11 is 0. The quantitative estimate of drug-likeness (QED) is 0.554. The Labute approximate surface area is 178 Å². The number of amides is 1. The van der Waals surface area contributed by atoms with Gasteiger partial charge in [0.05, 0.1) is 12.4 Å². The van der Waals surface area contributed by atoms with Crippen LogP contribution in [0.3, 0.4) is 0 Å². The highest BCUT2D eigenvalue weighted by Gasteiger charge is 2.29. The topological polar surface area (TPSA) is 125 Å². The average molecular weight is 463 g/mol. The lowest BCUT2D eigenvalue weighted by atomic mass is 10.1. The number of benzene rings is 1. The Balaban J connectivity index is 1.99. The minimum absolute atomic E-state index is 0.0339. The first-order valence-corrected chi connectivity index (χ1v) is 12.9. The largest absolute Gasteiger partial charge is 0.450 e. The zero-order chi connectivity index (χ0) is 22.4. The smallest absolute Gasteiger partial charge is 0.409 e. The van der Waals surface area contributed by atoms with Crippen LogP contribution in [0.5, 0.6) is 0 Å². The van der Waals surface area contributed by atoms with E-state index < -0.39 is 26.3 Å². The van der Waals surface area contributed by atoms with E-state index in [-0.39, 0.29) is 51.1 Å². The van der Waals surface area contributed by atoms with Gasteiger partial charge < -0.3 is 9.64 Å². The molecule has 0 atom stereocenters. The van der Waals surface area contributed by atoms with Crippen LogP contribution in [0.1, 0.15) is 31.9 Å². The third-order valence-electron chi connectivity index (χ3n) is 4.43. The number of carbonyl (C=O) groups excluding carboxylic acids is 1. The first kappa shape index (κ1) is 24.5. The molecule has 1 fully saturated rings. The number of hydrogen-bond acceptors (Lipinski definition) is 6. The Morgan fingerprint density at radius 1 is 1.07 bits per heavy atom. The van der Waals surface area contributed by atoms with Crippen LogP contribution in [0.25, 0.3) is 0 Å². The van der Waals surface area contributed by atoms with Gasteiger partial charge in [-0.3, -0.25) is 0 Å². The van der Waals surface area contributed by atoms with E-state index in [0.717, 1.165) is 0 Å². The standard InChI is InChI=1S/C18H30N4O6S2/c1-4-28-18(23)21-9-11-22(12-10-21)30(26,27)19-13-16-7-5-6-8-17(16)14-29(24,25)20-15(2)3/h5-8,15,19-20H,4,9-14H2,1-3H3. The Bertz CT molecular complexity index is 926. The van der Waals surface area contributed by atoms with E-state index in [9.17, 15) is 21.6 Å². The second-order valence-electron chi connectivity index (χ2n) is 7.21. The van der Waals surface area contributed by atoms with Gasteiger partial charge in [0.25, 0.3) is 10.2 Å². The minimum atomic E-state index is -3.78. The number of hydrogen-bond donors (Lipinski definition) is 2. The average Bonchev–Trinajstić information content (AvgIpc) is 2.66. The van der Waals surface area contributed by atoms with E-state index >= 15 is 0 Å². The molecule has 2 N–H and O–H groups in total. The maximum atomic E-state index is 12.7. The van der Waals surface area contributed by atoms with Crippen molar-refractivity contribution in [1.29, 1.82) is 0 Å². The van der Waals surface area contributed by atoms with Crippen molar-refractivity contribution in [2.45, 2.75) is 39.1 Å². The lowest BCUT2D eigenvalue weighted by molar-refractivity contribution is 0.0932. The predicted octanol–water partition coefficient (Wildman–Crippen LogP) is 0.623. The van der Waals surface area contributed by atoms with E-state index in [1.165, 1.54) is 9.21 Å². The molecule has 2 rings (SSSR count). The van der Waals surface area contributed by atoms with Crippen LogP contribution in [0, 0.1) is 0 Å². The maximum Gasteiger partial charge on any atom is 0.409 e. The fraction of sp³-hybridized carbons (Fsp3) is 0.611. The Kier molecular flexibility index (Phi) is 8.62. The van der Waals surface area contributed by atoms with Crippen molar-refractivity contribution in [3.05, 3.63) is 35.4 Å². The number of nitrogens with zero attached hydrogens (tertiary/aromatic N) is 2. The van der Waals surface area contributed by atoms with Gasteiger partial charge in [0, 0.05) is 38.8 Å². The fourth-order valence-electron chi connectivity index (χ4n) is 3.06. The second-order valence-corrected chi connectivity index (χ2v) is 10.7. The Hall–Kier alpha value is -1.73. The predicted molar refractivity (Wildman–Crippen MR) is 113 cm³/mol. The maximum absolute atomic E-state index is 12.7. The number of ether oxygens (including phenoxy) is 1. The lowest BCUT2D eigenvalue weighted by Crippen LogP contribution is -2.53. The van der Waals surface area contributed by atoms with Crippen molar-refractivity contribution in [2.24, 2.45) is 0 Å². The van der Waals surface area contributed by atoms with Gasteiger partial charge in [-0.25, -0.2) is 17.9 Å². The van der Waals surface area contributed by atoms with E-state index in [0.29, 0.717) is 11.1 Å². The normalized spacial score (nSPS) is 16.1. The van der Waals surface area contributed by atoms with Crippen molar-refractivity contribution < 1.29 is 26.4 Å². The molecule has 0 radical (unpaired) electrons. The summed E-state index contributed by atoms with van der Waals surface area (Å²) in [5, 5.41) is 0. The number of rotatable bonds is 9. The van der Waals surface area contributed by atoms with Gasteiger partial charge in [0.15, 0.2) is 0 Å². The van der Waals surface area contributed by atoms with Crippen molar-refractivity contribution in [3.8, 4) is 0 Å². The van der Waals surface area contributed by atoms with Crippen molar-refractivity contribution in [1.82, 2.24) is 18.6 Å². The Morgan fingerprint density at radius 3 is 2.23 bits per heavy atom. The third kappa shape index (κ3) is 7.20. The molecule has 1 aromatic carbocycles. The molecule has 1 aromatic rings. The zero-order valence-corrected chi connectivity index (χ0v) is 19.1. The molecule has 12 heteroatoms. The van der Waals surface area contributed by atoms with Crippen LogP contribution in [0.15, 0.2) is 24.3 Å². The summed E-state index contributed by atoms with van der Waals surface area (Å²) < 4.78 is 61.0. The number of sulfonamides is 1. The number of piperazine rings is 1. The van der Waals surface area contributed by atoms with E-state index in [4.69, 9.17) is 4.74 Å². The molecule has 1 aliphatic rings. The van der Waals surface area contributed by atoms with Gasteiger partial charge >= 0.3 is 6.09 Å². The molecule has 1 aliphatic heterocycles. The summed E-state index contributed by atoms with van der Waals surface area (Å²) in [6, 6.07) is 6.58. The minimum Gasteiger partial charge on any atom is -0.450 e. The molecule has 0 aromatic heterocycles. The molecule has 0 unspecified atom stereocenters. The van der Waals surface area contributed by atoms with Gasteiger partial charge in [-0.1, -0.05) is 24.3 Å². The highest BCUT2D eigenvalue weighted by atomic mass is 32.2. The van der Waals surface area contributed by atoms with Gasteiger partial charge in [-0.2, -0.15) is 17.4 Å². The molecular weight excluding hydrogens is 432 g/mol. The summed E-state index contributed by atoms with van der Waals surface area (Å²) in [4.78, 5) is 13.2. The molecule has 1 heterocycles. The highest BCUT2D eigenvalue weighted by molar-refractivity contribution is 7.88. The fourth-order valence-corrected chi connectivity index (χ4v) is 5.72. The van der Waals surface area contributed by atoms with Gasteiger partial charge in [-0.15, -0.1) is 0 Å². The molecule has 10 nitrogen and oxygen atoms in total. The number of nitrogens with one attached hydrogen (secondary N) is 2. The molecule has 0 saturated carbocycles. The first-order valence-electron chi connectivity index (χ1n) is 9.77. The van der Waals surface area contributed by atoms with Gasteiger partial charge in [-0.05, 0) is 31.9 Å². The van der Waals surface area contributed by atoms with Crippen LogP contribution in [-0.2, 0) is 37.3 Å². The lowest BCUT2D eigenvalue weighted by Gasteiger charge is -2.33. The molecule has 30 heavy (non-hydrogen) atoms. The monoisotopic (exact) mass is 462 g/mol. The second kappa shape index (κ2) is 10.5. The highest BCUT2D eigenvalue weighted by Crippen LogP contribution is 2.14. The van der Waals surface area contributed by atoms with E-state index in [1.54, 1.807) is 45.0 Å². The van der Waals surface area contributed by atoms with Crippen LogP contribution in [0.4, 0.5) is 4.79 Å². The molecule has 0 spiro atoms. The summed E-state index contributed by atoms with van der Waals surface area (Å²) in [6.07, 6.45) is -0.451. The number of carbonyl (C=O) groups is 1. The van der Waals surface area contributed by atoms with Crippen LogP contribution >= 0.6 is 0 Å². The molecule has 1 amide bonds. The third-order valence-corrected chi connectivity index (χ3v) is 7.50. The van der Waals surface area contributed by atoms with Crippen molar-refractivity contribution >= 4 is 26.3 Å². The molecule has 0 aliphatic carbocycles. The molecule has 170 valence electrons. The summed E-state index contributed by atoms with van der Waals surface area (Å²) in [6.45, 7) is 6.22. The van der Waals surface area contributed by atoms with Crippen LogP contribution in [-0.4, -0.2) is 71.0 Å². The molecule has 0 bridgehead atoms. The summed E-state index contributed by atoms with van der Waals surface area (Å²) in [5.41, 5.74) is 1.11.